The number of rotatable bonds is 4. The first-order valence-corrected chi connectivity index (χ1v) is 3.73. The topological polar surface area (TPSA) is 29.1 Å². The van der Waals surface area contributed by atoms with Crippen molar-refractivity contribution in [3.8, 4) is 0 Å². The van der Waals surface area contributed by atoms with Crippen LogP contribution < -0.4 is 5.32 Å². The molecule has 0 heterocycles. The lowest BCUT2D eigenvalue weighted by atomic mass is 10.2. The molecule has 0 aliphatic carbocycles. The summed E-state index contributed by atoms with van der Waals surface area (Å²) in [6, 6.07) is 0. The third-order valence-electron chi connectivity index (χ3n) is 1.11. The summed E-state index contributed by atoms with van der Waals surface area (Å²) in [5.41, 5.74) is 0. The van der Waals surface area contributed by atoms with Gasteiger partial charge in [0.15, 0.2) is 0 Å². The summed E-state index contributed by atoms with van der Waals surface area (Å²) in [7, 11) is 0. The van der Waals surface area contributed by atoms with E-state index in [9.17, 15) is 13.6 Å². The summed E-state index contributed by atoms with van der Waals surface area (Å²) in [5.74, 6) is -0.689. The molecule has 1 unspecified atom stereocenters. The number of halogens is 3. The smallest absolute Gasteiger partial charge is 0.255 e. The quantitative estimate of drug-likeness (QED) is 0.657. The van der Waals surface area contributed by atoms with Crippen molar-refractivity contribution in [2.45, 2.75) is 13.3 Å². The Balaban J connectivity index is 3.52. The Hall–Kier alpha value is -0.380. The van der Waals surface area contributed by atoms with Gasteiger partial charge < -0.3 is 5.32 Å². The van der Waals surface area contributed by atoms with E-state index in [0.29, 0.717) is 0 Å². The Morgan fingerprint density at radius 2 is 2.18 bits per heavy atom. The fourth-order valence-corrected chi connectivity index (χ4v) is 0.562. The molecule has 1 amide bonds. The second-order valence-electron chi connectivity index (χ2n) is 2.19. The summed E-state index contributed by atoms with van der Waals surface area (Å²) in [6.45, 7) is 0.980. The summed E-state index contributed by atoms with van der Waals surface area (Å²) < 4.78 is 23.0. The summed E-state index contributed by atoms with van der Waals surface area (Å²) in [6.07, 6.45) is -2.50. The van der Waals surface area contributed by atoms with Gasteiger partial charge >= 0.3 is 0 Å². The molecule has 2 nitrogen and oxygen atoms in total. The van der Waals surface area contributed by atoms with Gasteiger partial charge in [-0.15, -0.1) is 11.6 Å². The van der Waals surface area contributed by atoms with Crippen molar-refractivity contribution in [1.29, 1.82) is 0 Å². The van der Waals surface area contributed by atoms with Crippen LogP contribution in [0.1, 0.15) is 6.92 Å². The van der Waals surface area contributed by atoms with Gasteiger partial charge in [-0.05, 0) is 0 Å². The normalized spacial score (nSPS) is 13.2. The average molecular weight is 186 g/mol. The predicted octanol–water partition coefficient (Wildman–Crippen LogP) is 1.24. The van der Waals surface area contributed by atoms with E-state index in [4.69, 9.17) is 11.6 Å². The highest BCUT2D eigenvalue weighted by Gasteiger charge is 2.12. The van der Waals surface area contributed by atoms with Crippen LogP contribution in [-0.2, 0) is 4.79 Å². The SMILES string of the molecule is CC(CCl)C(=O)NCC(F)F. The molecule has 0 aliphatic heterocycles. The van der Waals surface area contributed by atoms with Crippen molar-refractivity contribution in [2.24, 2.45) is 5.92 Å². The van der Waals surface area contributed by atoms with E-state index in [1.54, 1.807) is 6.92 Å². The van der Waals surface area contributed by atoms with Crippen molar-refractivity contribution in [1.82, 2.24) is 5.32 Å². The zero-order valence-corrected chi connectivity index (χ0v) is 6.87. The van der Waals surface area contributed by atoms with Crippen molar-refractivity contribution in [3.05, 3.63) is 0 Å². The lowest BCUT2D eigenvalue weighted by Crippen LogP contribution is -2.33. The molecule has 1 atom stereocenters. The lowest BCUT2D eigenvalue weighted by molar-refractivity contribution is -0.124. The van der Waals surface area contributed by atoms with Crippen LogP contribution in [0.4, 0.5) is 8.78 Å². The molecule has 0 spiro atoms. The minimum absolute atomic E-state index is 0.148. The first kappa shape index (κ1) is 10.6. The average Bonchev–Trinajstić information content (AvgIpc) is 1.98. The Morgan fingerprint density at radius 1 is 1.64 bits per heavy atom. The molecular formula is C6H10ClF2NO. The van der Waals surface area contributed by atoms with Crippen LogP contribution in [0.25, 0.3) is 0 Å². The molecule has 0 aliphatic rings. The van der Waals surface area contributed by atoms with E-state index in [2.05, 4.69) is 5.32 Å². The first-order chi connectivity index (χ1) is 5.07. The molecule has 66 valence electrons. The zero-order valence-electron chi connectivity index (χ0n) is 6.11. The fourth-order valence-electron chi connectivity index (χ4n) is 0.422. The highest BCUT2D eigenvalue weighted by molar-refractivity contribution is 6.19. The lowest BCUT2D eigenvalue weighted by Gasteiger charge is -2.07. The molecule has 0 bridgehead atoms. The predicted molar refractivity (Wildman–Crippen MR) is 38.9 cm³/mol. The zero-order chi connectivity index (χ0) is 8.85. The van der Waals surface area contributed by atoms with Crippen LogP contribution in [0.2, 0.25) is 0 Å². The van der Waals surface area contributed by atoms with Crippen molar-refractivity contribution >= 4 is 17.5 Å². The molecule has 1 N–H and O–H groups in total. The maximum absolute atomic E-state index is 11.5. The van der Waals surface area contributed by atoms with Gasteiger partial charge in [0.1, 0.15) is 0 Å². The van der Waals surface area contributed by atoms with Gasteiger partial charge in [-0.25, -0.2) is 8.78 Å². The second kappa shape index (κ2) is 5.29. The number of carbonyl (C=O) groups excluding carboxylic acids is 1. The molecule has 0 radical (unpaired) electrons. The first-order valence-electron chi connectivity index (χ1n) is 3.19. The van der Waals surface area contributed by atoms with Gasteiger partial charge in [-0.1, -0.05) is 6.92 Å². The van der Waals surface area contributed by atoms with Gasteiger partial charge in [0.05, 0.1) is 6.54 Å². The molecular weight excluding hydrogens is 176 g/mol. The van der Waals surface area contributed by atoms with Gasteiger partial charge in [0.2, 0.25) is 5.91 Å². The van der Waals surface area contributed by atoms with Crippen LogP contribution in [0.5, 0.6) is 0 Å². The van der Waals surface area contributed by atoms with E-state index in [1.807, 2.05) is 0 Å². The summed E-state index contributed by atoms with van der Waals surface area (Å²) in [4.78, 5) is 10.7. The minimum Gasteiger partial charge on any atom is -0.350 e. The maximum atomic E-state index is 11.5. The van der Waals surface area contributed by atoms with E-state index in [1.165, 1.54) is 0 Å². The number of nitrogens with one attached hydrogen (secondary N) is 1. The number of carbonyl (C=O) groups is 1. The molecule has 0 saturated heterocycles. The molecule has 0 fully saturated rings. The molecule has 11 heavy (non-hydrogen) atoms. The van der Waals surface area contributed by atoms with Gasteiger partial charge in [-0.2, -0.15) is 0 Å². The fraction of sp³-hybridized carbons (Fsp3) is 0.833. The van der Waals surface area contributed by atoms with E-state index < -0.39 is 24.8 Å². The van der Waals surface area contributed by atoms with Crippen LogP contribution in [0.15, 0.2) is 0 Å². The summed E-state index contributed by atoms with van der Waals surface area (Å²) in [5, 5.41) is 2.06. The maximum Gasteiger partial charge on any atom is 0.255 e. The van der Waals surface area contributed by atoms with Crippen molar-refractivity contribution in [2.75, 3.05) is 12.4 Å². The Kier molecular flexibility index (Phi) is 5.11. The third kappa shape index (κ3) is 4.95. The molecule has 0 saturated carbocycles. The van der Waals surface area contributed by atoms with E-state index in [0.717, 1.165) is 0 Å². The highest BCUT2D eigenvalue weighted by Crippen LogP contribution is 1.97. The van der Waals surface area contributed by atoms with Crippen LogP contribution >= 0.6 is 11.6 Å². The van der Waals surface area contributed by atoms with Gasteiger partial charge in [-0.3, -0.25) is 4.79 Å². The number of hydrogen-bond donors (Lipinski definition) is 1. The molecule has 5 heteroatoms. The second-order valence-corrected chi connectivity index (χ2v) is 2.50. The molecule has 0 aromatic rings. The van der Waals surface area contributed by atoms with E-state index >= 15 is 0 Å². The minimum atomic E-state index is -2.50. The van der Waals surface area contributed by atoms with E-state index in [-0.39, 0.29) is 5.88 Å². The van der Waals surface area contributed by atoms with Crippen molar-refractivity contribution < 1.29 is 13.6 Å². The molecule has 0 aromatic heterocycles. The van der Waals surface area contributed by atoms with Crippen LogP contribution in [0.3, 0.4) is 0 Å². The Labute approximate surface area is 68.9 Å². The standard InChI is InChI=1S/C6H10ClF2NO/c1-4(2-7)6(11)10-3-5(8)9/h4-5H,2-3H2,1H3,(H,10,11). The largest absolute Gasteiger partial charge is 0.350 e. The highest BCUT2D eigenvalue weighted by atomic mass is 35.5. The monoisotopic (exact) mass is 185 g/mol. The Morgan fingerprint density at radius 3 is 2.55 bits per heavy atom. The molecule has 0 aromatic carbocycles. The van der Waals surface area contributed by atoms with Crippen LogP contribution in [0, 0.1) is 5.92 Å². The van der Waals surface area contributed by atoms with Gasteiger partial charge in [0, 0.05) is 11.8 Å². The number of amides is 1. The molecule has 0 rings (SSSR count). The number of alkyl halides is 3. The number of hydrogen-bond acceptors (Lipinski definition) is 1. The van der Waals surface area contributed by atoms with Gasteiger partial charge in [0.25, 0.3) is 6.43 Å². The summed E-state index contributed by atoms with van der Waals surface area (Å²) >= 11 is 5.31. The Bertz CT molecular complexity index is 132. The third-order valence-corrected chi connectivity index (χ3v) is 1.57. The van der Waals surface area contributed by atoms with Crippen LogP contribution in [-0.4, -0.2) is 24.8 Å². The van der Waals surface area contributed by atoms with Crippen molar-refractivity contribution in [3.63, 3.8) is 0 Å².